The number of aryl methyl sites for hydroxylation is 1. The summed E-state index contributed by atoms with van der Waals surface area (Å²) in [4.78, 5) is 29.3. The second-order valence-corrected chi connectivity index (χ2v) is 8.37. The number of Topliss-reactive ketones (excluding diaryl/α,β-unsaturated/α-hetero) is 2. The maximum absolute atomic E-state index is 12.6. The fourth-order valence-corrected chi connectivity index (χ4v) is 4.72. The Balaban J connectivity index is 1.27. The third-order valence-corrected chi connectivity index (χ3v) is 6.34. The van der Waals surface area contributed by atoms with Crippen LogP contribution in [0.15, 0.2) is 36.4 Å². The molecule has 1 aromatic carbocycles. The summed E-state index contributed by atoms with van der Waals surface area (Å²) in [6, 6.07) is 8.65. The molecule has 0 amide bonds. The van der Waals surface area contributed by atoms with Crippen LogP contribution in [0.25, 0.3) is 0 Å². The van der Waals surface area contributed by atoms with Gasteiger partial charge in [0.05, 0.1) is 18.8 Å². The van der Waals surface area contributed by atoms with Crippen LogP contribution >= 0.6 is 0 Å². The van der Waals surface area contributed by atoms with E-state index in [1.165, 1.54) is 11.3 Å². The van der Waals surface area contributed by atoms with Crippen LogP contribution in [0.3, 0.4) is 0 Å². The number of nitrogens with zero attached hydrogens (tertiary/aromatic N) is 2. The molecule has 0 radical (unpaired) electrons. The lowest BCUT2D eigenvalue weighted by atomic mass is 9.75. The maximum atomic E-state index is 12.6. The number of fused-ring (bicyclic) bond motifs is 2. The van der Waals surface area contributed by atoms with Crippen LogP contribution in [0.5, 0.6) is 0 Å². The van der Waals surface area contributed by atoms with Gasteiger partial charge in [-0.25, -0.2) is 0 Å². The quantitative estimate of drug-likeness (QED) is 0.748. The SMILES string of the molecule is C=C1C(=O)C2(COCN3CCN(c4ccc(C)cc4)CC3)CC(=O)CC1C2. The molecule has 2 saturated carbocycles. The van der Waals surface area contributed by atoms with Crippen molar-refractivity contribution in [2.24, 2.45) is 11.3 Å². The number of piperazine rings is 1. The number of carbonyl (C=O) groups is 2. The topological polar surface area (TPSA) is 49.9 Å². The molecule has 5 heteroatoms. The van der Waals surface area contributed by atoms with Crippen molar-refractivity contribution in [3.05, 3.63) is 42.0 Å². The monoisotopic (exact) mass is 368 g/mol. The molecule has 2 aliphatic carbocycles. The molecule has 1 aliphatic heterocycles. The van der Waals surface area contributed by atoms with Crippen LogP contribution in [-0.4, -0.2) is 56.0 Å². The molecule has 5 nitrogen and oxygen atoms in total. The molecule has 0 N–H and O–H groups in total. The van der Waals surface area contributed by atoms with Crippen molar-refractivity contribution in [2.75, 3.05) is 44.4 Å². The van der Waals surface area contributed by atoms with E-state index in [0.29, 0.717) is 31.8 Å². The molecule has 4 rings (SSSR count). The molecule has 2 atom stereocenters. The van der Waals surface area contributed by atoms with E-state index < -0.39 is 5.41 Å². The van der Waals surface area contributed by atoms with Crippen LogP contribution in [-0.2, 0) is 14.3 Å². The van der Waals surface area contributed by atoms with E-state index in [-0.39, 0.29) is 17.5 Å². The van der Waals surface area contributed by atoms with Gasteiger partial charge in [-0.2, -0.15) is 0 Å². The number of rotatable bonds is 5. The second kappa shape index (κ2) is 7.21. The Morgan fingerprint density at radius 1 is 1.15 bits per heavy atom. The molecular formula is C22H28N2O3. The molecule has 27 heavy (non-hydrogen) atoms. The fraction of sp³-hybridized carbons (Fsp3) is 0.545. The van der Waals surface area contributed by atoms with Gasteiger partial charge in [0.15, 0.2) is 5.78 Å². The lowest BCUT2D eigenvalue weighted by Gasteiger charge is -2.37. The molecule has 144 valence electrons. The van der Waals surface area contributed by atoms with Gasteiger partial charge in [-0.3, -0.25) is 14.5 Å². The van der Waals surface area contributed by atoms with Crippen LogP contribution in [0.2, 0.25) is 0 Å². The minimum absolute atomic E-state index is 0.0420. The van der Waals surface area contributed by atoms with E-state index in [0.717, 1.165) is 32.6 Å². The number of hydrogen-bond acceptors (Lipinski definition) is 5. The summed E-state index contributed by atoms with van der Waals surface area (Å²) in [6.07, 6.45) is 1.54. The van der Waals surface area contributed by atoms with E-state index in [1.807, 2.05) is 0 Å². The van der Waals surface area contributed by atoms with E-state index >= 15 is 0 Å². The smallest absolute Gasteiger partial charge is 0.167 e. The normalized spacial score (nSPS) is 28.9. The predicted molar refractivity (Wildman–Crippen MR) is 105 cm³/mol. The van der Waals surface area contributed by atoms with E-state index in [9.17, 15) is 9.59 Å². The molecule has 3 fully saturated rings. The van der Waals surface area contributed by atoms with Gasteiger partial charge < -0.3 is 9.64 Å². The second-order valence-electron chi connectivity index (χ2n) is 8.37. The number of carbonyl (C=O) groups excluding carboxylic acids is 2. The predicted octanol–water partition coefficient (Wildman–Crippen LogP) is 2.59. The first-order chi connectivity index (χ1) is 13.0. The number of hydrogen-bond donors (Lipinski definition) is 0. The van der Waals surface area contributed by atoms with Gasteiger partial charge in [-0.05, 0) is 37.0 Å². The van der Waals surface area contributed by atoms with Crippen LogP contribution in [0, 0.1) is 18.3 Å². The molecule has 1 saturated heterocycles. The minimum atomic E-state index is -0.638. The summed E-state index contributed by atoms with van der Waals surface area (Å²) >= 11 is 0. The van der Waals surface area contributed by atoms with Gasteiger partial charge >= 0.3 is 0 Å². The Morgan fingerprint density at radius 3 is 2.56 bits per heavy atom. The zero-order valence-corrected chi connectivity index (χ0v) is 16.1. The highest BCUT2D eigenvalue weighted by atomic mass is 16.5. The van der Waals surface area contributed by atoms with Gasteiger partial charge in [-0.1, -0.05) is 24.3 Å². The summed E-state index contributed by atoms with van der Waals surface area (Å²) < 4.78 is 5.95. The Bertz CT molecular complexity index is 749. The van der Waals surface area contributed by atoms with Crippen LogP contribution in [0.4, 0.5) is 5.69 Å². The van der Waals surface area contributed by atoms with Crippen molar-refractivity contribution < 1.29 is 14.3 Å². The molecule has 2 unspecified atom stereocenters. The first-order valence-corrected chi connectivity index (χ1v) is 9.84. The molecule has 0 spiro atoms. The Morgan fingerprint density at radius 2 is 1.85 bits per heavy atom. The van der Waals surface area contributed by atoms with Gasteiger partial charge in [-0.15, -0.1) is 0 Å². The summed E-state index contributed by atoms with van der Waals surface area (Å²) in [5, 5.41) is 0. The van der Waals surface area contributed by atoms with Crippen molar-refractivity contribution in [1.82, 2.24) is 4.90 Å². The third-order valence-electron chi connectivity index (χ3n) is 6.34. The number of anilines is 1. The van der Waals surface area contributed by atoms with Crippen molar-refractivity contribution in [2.45, 2.75) is 26.2 Å². The lowest BCUT2D eigenvalue weighted by molar-refractivity contribution is -0.136. The number of ether oxygens (including phenoxy) is 1. The van der Waals surface area contributed by atoms with Crippen molar-refractivity contribution >= 4 is 17.3 Å². The average molecular weight is 368 g/mol. The molecule has 3 aliphatic rings. The Labute approximate surface area is 161 Å². The van der Waals surface area contributed by atoms with Gasteiger partial charge in [0.1, 0.15) is 5.78 Å². The van der Waals surface area contributed by atoms with Gasteiger partial charge in [0, 0.05) is 44.7 Å². The fourth-order valence-electron chi connectivity index (χ4n) is 4.72. The van der Waals surface area contributed by atoms with Crippen LogP contribution < -0.4 is 4.90 Å². The molecular weight excluding hydrogens is 340 g/mol. The van der Waals surface area contributed by atoms with Crippen molar-refractivity contribution in [3.63, 3.8) is 0 Å². The summed E-state index contributed by atoms with van der Waals surface area (Å²) in [6.45, 7) is 10.7. The molecule has 1 heterocycles. The summed E-state index contributed by atoms with van der Waals surface area (Å²) in [7, 11) is 0. The highest BCUT2D eigenvalue weighted by Gasteiger charge is 2.54. The molecule has 2 bridgehead atoms. The van der Waals surface area contributed by atoms with E-state index in [4.69, 9.17) is 4.74 Å². The molecule has 0 aromatic heterocycles. The van der Waals surface area contributed by atoms with E-state index in [2.05, 4.69) is 47.6 Å². The highest BCUT2D eigenvalue weighted by molar-refractivity contribution is 6.07. The van der Waals surface area contributed by atoms with Crippen LogP contribution in [0.1, 0.15) is 24.8 Å². The summed E-state index contributed by atoms with van der Waals surface area (Å²) in [5.41, 5.74) is 2.54. The number of allylic oxidation sites excluding steroid dienone is 1. The highest BCUT2D eigenvalue weighted by Crippen LogP contribution is 2.50. The van der Waals surface area contributed by atoms with Crippen molar-refractivity contribution in [3.8, 4) is 0 Å². The number of benzene rings is 1. The first kappa shape index (κ1) is 18.4. The lowest BCUT2D eigenvalue weighted by Crippen LogP contribution is -2.47. The minimum Gasteiger partial charge on any atom is -0.369 e. The van der Waals surface area contributed by atoms with Gasteiger partial charge in [0.25, 0.3) is 0 Å². The standard InChI is InChI=1S/C22H28N2O3/c1-16-3-5-19(6-4-16)24-9-7-23(8-10-24)15-27-14-22-12-18(11-20(25)13-22)17(2)21(22)26/h3-6,18H,2,7-15H2,1H3. The Hall–Kier alpha value is -1.98. The average Bonchev–Trinajstić information content (AvgIpc) is 2.83. The van der Waals surface area contributed by atoms with Crippen molar-refractivity contribution in [1.29, 1.82) is 0 Å². The first-order valence-electron chi connectivity index (χ1n) is 9.84. The summed E-state index contributed by atoms with van der Waals surface area (Å²) in [5.74, 6) is 0.275. The van der Waals surface area contributed by atoms with E-state index in [1.54, 1.807) is 0 Å². The third kappa shape index (κ3) is 3.58. The maximum Gasteiger partial charge on any atom is 0.167 e. The zero-order valence-electron chi connectivity index (χ0n) is 16.1. The largest absolute Gasteiger partial charge is 0.369 e. The zero-order chi connectivity index (χ0) is 19.0. The Kier molecular flexibility index (Phi) is 4.91. The molecule has 1 aromatic rings. The van der Waals surface area contributed by atoms with Gasteiger partial charge in [0.2, 0.25) is 0 Å². The number of ketones is 2.